The summed E-state index contributed by atoms with van der Waals surface area (Å²) in [5, 5.41) is 0.307. The zero-order valence-electron chi connectivity index (χ0n) is 14.4. The van der Waals surface area contributed by atoms with Crippen LogP contribution in [-0.4, -0.2) is 53.7 Å². The molecule has 1 saturated heterocycles. The summed E-state index contributed by atoms with van der Waals surface area (Å²) >= 11 is 8.02. The third-order valence-electron chi connectivity index (χ3n) is 3.57. The normalized spacial score (nSPS) is 15.8. The minimum atomic E-state index is -0.766. The van der Waals surface area contributed by atoms with E-state index in [1.807, 2.05) is 11.8 Å². The number of amides is 1. The molecule has 8 heteroatoms. The molecule has 0 spiro atoms. The minimum Gasteiger partial charge on any atom is -0.462 e. The Morgan fingerprint density at radius 2 is 2.00 bits per heavy atom. The second-order valence-electron chi connectivity index (χ2n) is 6.03. The van der Waals surface area contributed by atoms with Crippen LogP contribution in [0.1, 0.15) is 19.4 Å². The lowest BCUT2D eigenvalue weighted by Crippen LogP contribution is -2.39. The van der Waals surface area contributed by atoms with E-state index in [1.54, 1.807) is 36.9 Å². The van der Waals surface area contributed by atoms with Gasteiger partial charge in [0.05, 0.1) is 11.1 Å². The van der Waals surface area contributed by atoms with E-state index in [2.05, 4.69) is 0 Å². The molecule has 0 saturated carbocycles. The average Bonchev–Trinajstić information content (AvgIpc) is 2.57. The predicted octanol–water partition coefficient (Wildman–Crippen LogP) is 2.71. The highest BCUT2D eigenvalue weighted by molar-refractivity contribution is 7.99. The number of nitrogens with zero attached hydrogens (tertiary/aromatic N) is 1. The zero-order chi connectivity index (χ0) is 18.4. The molecular formula is C17H23ClN2O4S. The van der Waals surface area contributed by atoms with Crippen LogP contribution in [0, 0.1) is 0 Å². The molecular weight excluding hydrogens is 364 g/mol. The summed E-state index contributed by atoms with van der Waals surface area (Å²) in [6.45, 7) is 4.88. The first-order valence-electron chi connectivity index (χ1n) is 8.16. The Labute approximate surface area is 157 Å². The molecule has 0 aliphatic carbocycles. The van der Waals surface area contributed by atoms with Gasteiger partial charge >= 0.3 is 12.1 Å². The predicted molar refractivity (Wildman–Crippen MR) is 99.3 cm³/mol. The van der Waals surface area contributed by atoms with Gasteiger partial charge in [-0.15, -0.1) is 0 Å². The van der Waals surface area contributed by atoms with Gasteiger partial charge in [-0.05, 0) is 38.0 Å². The number of esters is 1. The Hall–Kier alpha value is -1.44. The van der Waals surface area contributed by atoms with Crippen LogP contribution < -0.4 is 10.5 Å². The maximum atomic E-state index is 12.1. The summed E-state index contributed by atoms with van der Waals surface area (Å²) in [5.74, 6) is 1.66. The van der Waals surface area contributed by atoms with Gasteiger partial charge in [-0.2, -0.15) is 11.8 Å². The number of thioether (sulfide) groups is 1. The van der Waals surface area contributed by atoms with Gasteiger partial charge in [0.2, 0.25) is 0 Å². The zero-order valence-corrected chi connectivity index (χ0v) is 15.9. The van der Waals surface area contributed by atoms with Crippen molar-refractivity contribution in [3.05, 3.63) is 28.8 Å². The smallest absolute Gasteiger partial charge is 0.415 e. The van der Waals surface area contributed by atoms with E-state index in [0.29, 0.717) is 30.3 Å². The van der Waals surface area contributed by atoms with Crippen LogP contribution in [0.25, 0.3) is 0 Å². The van der Waals surface area contributed by atoms with Crippen LogP contribution in [0.15, 0.2) is 18.2 Å². The Morgan fingerprint density at radius 3 is 2.60 bits per heavy atom. The maximum absolute atomic E-state index is 12.1. The number of hydrogen-bond donors (Lipinski definition) is 1. The van der Waals surface area contributed by atoms with Gasteiger partial charge in [0.25, 0.3) is 0 Å². The Bertz CT molecular complexity index is 621. The monoisotopic (exact) mass is 386 g/mol. The molecule has 25 heavy (non-hydrogen) atoms. The van der Waals surface area contributed by atoms with E-state index in [0.717, 1.165) is 17.1 Å². The second-order valence-corrected chi connectivity index (χ2v) is 7.66. The quantitative estimate of drug-likeness (QED) is 0.783. The third kappa shape index (κ3) is 6.09. The first kappa shape index (κ1) is 19.9. The second kappa shape index (κ2) is 9.31. The first-order chi connectivity index (χ1) is 11.9. The molecule has 2 N–H and O–H groups in total. The molecule has 1 atom stereocenters. The van der Waals surface area contributed by atoms with Gasteiger partial charge < -0.3 is 20.1 Å². The highest BCUT2D eigenvalue weighted by Crippen LogP contribution is 2.27. The van der Waals surface area contributed by atoms with Crippen molar-refractivity contribution < 1.29 is 19.1 Å². The van der Waals surface area contributed by atoms with Gasteiger partial charge in [-0.1, -0.05) is 17.7 Å². The number of hydrogen-bond acceptors (Lipinski definition) is 6. The van der Waals surface area contributed by atoms with Crippen molar-refractivity contribution in [3.8, 4) is 5.75 Å². The summed E-state index contributed by atoms with van der Waals surface area (Å²) in [5.41, 5.74) is 6.62. The maximum Gasteiger partial charge on any atom is 0.415 e. The largest absolute Gasteiger partial charge is 0.462 e. The van der Waals surface area contributed by atoms with Crippen LogP contribution in [0.3, 0.4) is 0 Å². The highest BCUT2D eigenvalue weighted by Gasteiger charge is 2.21. The molecule has 1 aliphatic rings. The van der Waals surface area contributed by atoms with Crippen LogP contribution >= 0.6 is 23.4 Å². The number of benzene rings is 1. The number of halogens is 1. The van der Waals surface area contributed by atoms with Crippen LogP contribution in [0.4, 0.5) is 4.79 Å². The van der Waals surface area contributed by atoms with Crippen molar-refractivity contribution >= 4 is 35.4 Å². The molecule has 0 bridgehead atoms. The van der Waals surface area contributed by atoms with Crippen molar-refractivity contribution in [2.45, 2.75) is 32.4 Å². The van der Waals surface area contributed by atoms with E-state index in [1.165, 1.54) is 0 Å². The summed E-state index contributed by atoms with van der Waals surface area (Å²) in [4.78, 5) is 25.6. The Balaban J connectivity index is 1.95. The number of carbonyl (C=O) groups excluding carboxylic acids is 2. The third-order valence-corrected chi connectivity index (χ3v) is 4.81. The molecule has 138 valence electrons. The van der Waals surface area contributed by atoms with Crippen molar-refractivity contribution in [1.29, 1.82) is 0 Å². The fourth-order valence-corrected chi connectivity index (χ4v) is 3.46. The lowest BCUT2D eigenvalue weighted by atomic mass is 10.1. The molecule has 1 aromatic carbocycles. The van der Waals surface area contributed by atoms with Gasteiger partial charge in [-0.3, -0.25) is 4.79 Å². The SMILES string of the molecule is CC(C)OC(=O)[C@@H](N)Cc1ccc(OC(=O)N2CCSCC2)c(Cl)c1. The molecule has 1 amide bonds. The summed E-state index contributed by atoms with van der Waals surface area (Å²) in [6.07, 6.45) is -0.313. The van der Waals surface area contributed by atoms with E-state index in [-0.39, 0.29) is 6.10 Å². The van der Waals surface area contributed by atoms with Gasteiger partial charge in [0, 0.05) is 24.6 Å². The van der Waals surface area contributed by atoms with Crippen LogP contribution in [0.2, 0.25) is 5.02 Å². The van der Waals surface area contributed by atoms with Gasteiger partial charge in [0.1, 0.15) is 6.04 Å². The van der Waals surface area contributed by atoms with Crippen molar-refractivity contribution in [2.24, 2.45) is 5.73 Å². The summed E-state index contributed by atoms with van der Waals surface area (Å²) in [6, 6.07) is 4.24. The lowest BCUT2D eigenvalue weighted by Gasteiger charge is -2.25. The highest BCUT2D eigenvalue weighted by atomic mass is 35.5. The van der Waals surface area contributed by atoms with Crippen molar-refractivity contribution in [1.82, 2.24) is 4.90 Å². The molecule has 1 fully saturated rings. The Kier molecular flexibility index (Phi) is 7.40. The molecule has 1 heterocycles. The van der Waals surface area contributed by atoms with E-state index < -0.39 is 18.1 Å². The van der Waals surface area contributed by atoms with Gasteiger partial charge in [0.15, 0.2) is 5.75 Å². The topological polar surface area (TPSA) is 81.9 Å². The number of nitrogens with two attached hydrogens (primary N) is 1. The standard InChI is InChI=1S/C17H23ClN2O4S/c1-11(2)23-16(21)14(19)10-12-3-4-15(13(18)9-12)24-17(22)20-5-7-25-8-6-20/h3-4,9,11,14H,5-8,10,19H2,1-2H3/t14-/m0/s1. The minimum absolute atomic E-state index is 0.211. The molecule has 2 rings (SSSR count). The fourth-order valence-electron chi connectivity index (χ4n) is 2.32. The lowest BCUT2D eigenvalue weighted by molar-refractivity contribution is -0.148. The first-order valence-corrected chi connectivity index (χ1v) is 9.69. The van der Waals surface area contributed by atoms with Crippen LogP contribution in [-0.2, 0) is 16.0 Å². The van der Waals surface area contributed by atoms with E-state index >= 15 is 0 Å². The molecule has 0 radical (unpaired) electrons. The fraction of sp³-hybridized carbons (Fsp3) is 0.529. The van der Waals surface area contributed by atoms with E-state index in [4.69, 9.17) is 26.8 Å². The van der Waals surface area contributed by atoms with Crippen molar-refractivity contribution in [3.63, 3.8) is 0 Å². The molecule has 1 aromatic rings. The molecule has 6 nitrogen and oxygen atoms in total. The number of rotatable bonds is 5. The summed E-state index contributed by atoms with van der Waals surface area (Å²) in [7, 11) is 0. The van der Waals surface area contributed by atoms with Crippen LogP contribution in [0.5, 0.6) is 5.75 Å². The van der Waals surface area contributed by atoms with Gasteiger partial charge in [-0.25, -0.2) is 4.79 Å². The number of carbonyl (C=O) groups is 2. The summed E-state index contributed by atoms with van der Waals surface area (Å²) < 4.78 is 10.5. The molecule has 0 aromatic heterocycles. The Morgan fingerprint density at radius 1 is 1.32 bits per heavy atom. The molecule has 0 unspecified atom stereocenters. The number of ether oxygens (including phenoxy) is 2. The molecule has 1 aliphatic heterocycles. The van der Waals surface area contributed by atoms with Crippen molar-refractivity contribution in [2.75, 3.05) is 24.6 Å². The average molecular weight is 387 g/mol. The van der Waals surface area contributed by atoms with E-state index in [9.17, 15) is 9.59 Å².